The van der Waals surface area contributed by atoms with E-state index in [1.54, 1.807) is 12.7 Å². The molecule has 0 aliphatic rings. The Hall–Kier alpha value is -1.06. The second kappa shape index (κ2) is 4.78. The Labute approximate surface area is 61.8 Å². The number of hydrogen-bond acceptors (Lipinski definition) is 2. The maximum Gasteiger partial charge on any atom is 0.113 e. The van der Waals surface area contributed by atoms with Crippen molar-refractivity contribution in [3.63, 3.8) is 0 Å². The topological polar surface area (TPSA) is 31.2 Å². The van der Waals surface area contributed by atoms with Gasteiger partial charge in [-0.2, -0.15) is 0 Å². The van der Waals surface area contributed by atoms with Gasteiger partial charge in [-0.1, -0.05) is 0 Å². The van der Waals surface area contributed by atoms with Crippen LogP contribution in [0.4, 0.5) is 0 Å². The van der Waals surface area contributed by atoms with Crippen LogP contribution in [0, 0.1) is 0 Å². The fraction of sp³-hybridized carbons (Fsp3) is 0.667. The van der Waals surface area contributed by atoms with E-state index >= 15 is 0 Å². The van der Waals surface area contributed by atoms with Gasteiger partial charge in [0.25, 0.3) is 0 Å². The number of hydrogen-bond donors (Lipinski definition) is 0. The predicted molar refractivity (Wildman–Crippen MR) is 44.4 cm³/mol. The maximum absolute atomic E-state index is 3.74. The molecule has 0 amide bonds. The lowest BCUT2D eigenvalue weighted by molar-refractivity contribution is 0.631. The van der Waals surface area contributed by atoms with E-state index in [1.165, 1.54) is 0 Å². The van der Waals surface area contributed by atoms with Gasteiger partial charge in [0.2, 0.25) is 0 Å². The van der Waals surface area contributed by atoms with Gasteiger partial charge in [0, 0.05) is 28.2 Å². The average molecular weight is 142 g/mol. The van der Waals surface area contributed by atoms with E-state index < -0.39 is 0 Å². The van der Waals surface area contributed by atoms with Crippen LogP contribution < -0.4 is 0 Å². The number of nitrogens with zero attached hydrogens (tertiary/aromatic N) is 4. The molecule has 0 atom stereocenters. The van der Waals surface area contributed by atoms with Gasteiger partial charge >= 0.3 is 0 Å². The molecule has 0 N–H and O–H groups in total. The van der Waals surface area contributed by atoms with Crippen molar-refractivity contribution in [2.45, 2.75) is 0 Å². The Morgan fingerprint density at radius 2 is 1.10 bits per heavy atom. The van der Waals surface area contributed by atoms with Crippen molar-refractivity contribution in [2.24, 2.45) is 10.2 Å². The van der Waals surface area contributed by atoms with E-state index in [9.17, 15) is 0 Å². The predicted octanol–water partition coefficient (Wildman–Crippen LogP) is 0.0812. The van der Waals surface area contributed by atoms with Crippen molar-refractivity contribution < 1.29 is 0 Å². The van der Waals surface area contributed by atoms with Crippen molar-refractivity contribution >= 4 is 12.7 Å². The molecule has 0 spiro atoms. The lowest BCUT2D eigenvalue weighted by Crippen LogP contribution is -2.09. The van der Waals surface area contributed by atoms with E-state index in [-0.39, 0.29) is 0 Å². The molecule has 58 valence electrons. The minimum Gasteiger partial charge on any atom is -0.367 e. The number of rotatable bonds is 3. The van der Waals surface area contributed by atoms with Crippen LogP contribution in [-0.4, -0.2) is 50.7 Å². The van der Waals surface area contributed by atoms with Crippen LogP contribution in [0.5, 0.6) is 0 Å². The molecule has 0 saturated carbocycles. The summed E-state index contributed by atoms with van der Waals surface area (Å²) in [5.74, 6) is 0. The van der Waals surface area contributed by atoms with E-state index in [2.05, 4.69) is 10.2 Å². The molecule has 0 aliphatic heterocycles. The molecule has 0 fully saturated rings. The van der Waals surface area contributed by atoms with Crippen molar-refractivity contribution in [3.8, 4) is 0 Å². The molecule has 0 rings (SSSR count). The van der Waals surface area contributed by atoms with Crippen LogP contribution >= 0.6 is 0 Å². The zero-order chi connectivity index (χ0) is 7.98. The first-order valence-corrected chi connectivity index (χ1v) is 3.02. The summed E-state index contributed by atoms with van der Waals surface area (Å²) in [6.07, 6.45) is 3.28. The highest BCUT2D eigenvalue weighted by Gasteiger charge is 1.74. The quantitative estimate of drug-likeness (QED) is 0.317. The Kier molecular flexibility index (Phi) is 4.28. The molecule has 0 aromatic heterocycles. The fourth-order valence-electron chi connectivity index (χ4n) is 0.266. The van der Waals surface area contributed by atoms with Crippen molar-refractivity contribution in [3.05, 3.63) is 0 Å². The van der Waals surface area contributed by atoms with Crippen LogP contribution in [0.3, 0.4) is 0 Å². The van der Waals surface area contributed by atoms with Crippen LogP contribution in [-0.2, 0) is 0 Å². The van der Waals surface area contributed by atoms with E-state index in [0.717, 1.165) is 0 Å². The molecule has 4 nitrogen and oxygen atoms in total. The van der Waals surface area contributed by atoms with Gasteiger partial charge in [-0.3, -0.25) is 0 Å². The first-order valence-electron chi connectivity index (χ1n) is 3.02. The van der Waals surface area contributed by atoms with E-state index in [0.29, 0.717) is 0 Å². The SMILES string of the molecule is CN(C)C=N/N=C/N(C)C. The molecule has 0 aromatic rings. The summed E-state index contributed by atoms with van der Waals surface area (Å²) in [7, 11) is 7.59. The highest BCUT2D eigenvalue weighted by molar-refractivity contribution is 5.57. The molecular formula is C6H14N4. The first kappa shape index (κ1) is 8.94. The lowest BCUT2D eigenvalue weighted by Gasteiger charge is -2.01. The standard InChI is InChI=1S/C6H14N4/c1-9(2)5-7-8-6-10(3)4/h5-6H,1-4H3/b7-5+,8-6?. The Morgan fingerprint density at radius 3 is 1.30 bits per heavy atom. The smallest absolute Gasteiger partial charge is 0.113 e. The second-order valence-electron chi connectivity index (χ2n) is 2.39. The molecule has 0 saturated heterocycles. The monoisotopic (exact) mass is 142 g/mol. The largest absolute Gasteiger partial charge is 0.367 e. The van der Waals surface area contributed by atoms with Gasteiger partial charge in [-0.25, -0.2) is 0 Å². The molecule has 0 bridgehead atoms. The third-order valence-electron chi connectivity index (χ3n) is 0.632. The van der Waals surface area contributed by atoms with Crippen molar-refractivity contribution in [1.29, 1.82) is 0 Å². The molecule has 0 aliphatic carbocycles. The minimum absolute atomic E-state index is 1.64. The van der Waals surface area contributed by atoms with Gasteiger partial charge in [0.05, 0.1) is 0 Å². The van der Waals surface area contributed by atoms with Crippen molar-refractivity contribution in [1.82, 2.24) is 9.80 Å². The highest BCUT2D eigenvalue weighted by Crippen LogP contribution is 1.71. The molecular weight excluding hydrogens is 128 g/mol. The normalized spacial score (nSPS) is 11.2. The summed E-state index contributed by atoms with van der Waals surface area (Å²) in [5.41, 5.74) is 0. The first-order chi connectivity index (χ1) is 4.63. The van der Waals surface area contributed by atoms with Crippen LogP contribution in [0.15, 0.2) is 10.2 Å². The zero-order valence-electron chi connectivity index (χ0n) is 6.94. The summed E-state index contributed by atoms with van der Waals surface area (Å²) in [6.45, 7) is 0. The van der Waals surface area contributed by atoms with Crippen molar-refractivity contribution in [2.75, 3.05) is 28.2 Å². The summed E-state index contributed by atoms with van der Waals surface area (Å²) in [4.78, 5) is 3.65. The molecule has 0 aromatic carbocycles. The Balaban J connectivity index is 3.52. The second-order valence-corrected chi connectivity index (χ2v) is 2.39. The third kappa shape index (κ3) is 6.94. The Bertz CT molecular complexity index is 110. The van der Waals surface area contributed by atoms with E-state index in [4.69, 9.17) is 0 Å². The lowest BCUT2D eigenvalue weighted by atomic mass is 10.9. The molecule has 0 unspecified atom stereocenters. The van der Waals surface area contributed by atoms with Gasteiger partial charge < -0.3 is 9.80 Å². The highest BCUT2D eigenvalue weighted by atomic mass is 15.3. The molecule has 10 heavy (non-hydrogen) atoms. The van der Waals surface area contributed by atoms with E-state index in [1.807, 2.05) is 38.0 Å². The van der Waals surface area contributed by atoms with Gasteiger partial charge in [-0.05, 0) is 0 Å². The summed E-state index contributed by atoms with van der Waals surface area (Å²) < 4.78 is 0. The third-order valence-corrected chi connectivity index (χ3v) is 0.632. The minimum atomic E-state index is 1.64. The average Bonchev–Trinajstić information content (AvgIpc) is 1.79. The molecule has 0 heterocycles. The van der Waals surface area contributed by atoms with Gasteiger partial charge in [0.1, 0.15) is 12.7 Å². The summed E-state index contributed by atoms with van der Waals surface area (Å²) in [5, 5.41) is 7.48. The van der Waals surface area contributed by atoms with Gasteiger partial charge in [0.15, 0.2) is 0 Å². The van der Waals surface area contributed by atoms with Crippen LogP contribution in [0.25, 0.3) is 0 Å². The molecule has 4 heteroatoms. The van der Waals surface area contributed by atoms with Crippen LogP contribution in [0.1, 0.15) is 0 Å². The maximum atomic E-state index is 3.74. The summed E-state index contributed by atoms with van der Waals surface area (Å²) >= 11 is 0. The van der Waals surface area contributed by atoms with Gasteiger partial charge in [-0.15, -0.1) is 10.2 Å². The summed E-state index contributed by atoms with van der Waals surface area (Å²) in [6, 6.07) is 0. The zero-order valence-corrected chi connectivity index (χ0v) is 6.94. The van der Waals surface area contributed by atoms with Crippen LogP contribution in [0.2, 0.25) is 0 Å². The molecule has 0 radical (unpaired) electrons. The Morgan fingerprint density at radius 1 is 0.800 bits per heavy atom. The fourth-order valence-corrected chi connectivity index (χ4v) is 0.266.